The van der Waals surface area contributed by atoms with Gasteiger partial charge in [-0.15, -0.1) is 0 Å². The van der Waals surface area contributed by atoms with Gasteiger partial charge in [-0.3, -0.25) is 9.98 Å². The number of benzene rings is 5. The molecule has 0 saturated carbocycles. The van der Waals surface area contributed by atoms with E-state index in [1.807, 2.05) is 6.20 Å². The van der Waals surface area contributed by atoms with Crippen LogP contribution in [0.15, 0.2) is 163 Å². The van der Waals surface area contributed by atoms with Gasteiger partial charge in [-0.05, 0) is 125 Å². The van der Waals surface area contributed by atoms with Crippen LogP contribution in [0.1, 0.15) is 87.3 Å². The third kappa shape index (κ3) is 8.94. The summed E-state index contributed by atoms with van der Waals surface area (Å²) >= 11 is 0. The molecule has 1 fully saturated rings. The zero-order valence-electron chi connectivity index (χ0n) is 37.4. The molecule has 0 radical (unpaired) electrons. The molecule has 0 unspecified atom stereocenters. The van der Waals surface area contributed by atoms with Gasteiger partial charge in [0.15, 0.2) is 0 Å². The summed E-state index contributed by atoms with van der Waals surface area (Å²) in [4.78, 5) is 9.39. The number of hydrogen-bond acceptors (Lipinski definition) is 4. The third-order valence-electron chi connectivity index (χ3n) is 12.3. The summed E-state index contributed by atoms with van der Waals surface area (Å²) in [5, 5.41) is 0. The molecule has 1 saturated heterocycles. The van der Waals surface area contributed by atoms with Crippen LogP contribution in [-0.2, 0) is 14.7 Å². The van der Waals surface area contributed by atoms with Crippen LogP contribution >= 0.6 is 0 Å². The van der Waals surface area contributed by atoms with Crippen molar-refractivity contribution in [2.75, 3.05) is 0 Å². The van der Waals surface area contributed by atoms with Crippen molar-refractivity contribution in [1.82, 2.24) is 4.98 Å². The first-order chi connectivity index (χ1) is 28.3. The van der Waals surface area contributed by atoms with Gasteiger partial charge >= 0.3 is 7.12 Å². The van der Waals surface area contributed by atoms with E-state index in [2.05, 4.69) is 221 Å². The van der Waals surface area contributed by atoms with Gasteiger partial charge in [0.2, 0.25) is 0 Å². The summed E-state index contributed by atoms with van der Waals surface area (Å²) in [6.45, 7) is 27.9. The summed E-state index contributed by atoms with van der Waals surface area (Å²) in [5.41, 5.74) is 15.6. The maximum absolute atomic E-state index is 6.70. The van der Waals surface area contributed by atoms with Crippen molar-refractivity contribution in [2.24, 2.45) is 10.4 Å². The zero-order valence-corrected chi connectivity index (χ0v) is 37.4. The lowest BCUT2D eigenvalue weighted by atomic mass is 9.75. The number of pyridine rings is 1. The summed E-state index contributed by atoms with van der Waals surface area (Å²) in [5.74, 6) is 0. The summed E-state index contributed by atoms with van der Waals surface area (Å²) in [6, 6.07) is 45.9. The van der Waals surface area contributed by atoms with Gasteiger partial charge < -0.3 is 9.31 Å². The van der Waals surface area contributed by atoms with E-state index < -0.39 is 18.3 Å². The van der Waals surface area contributed by atoms with E-state index >= 15 is 0 Å². The summed E-state index contributed by atoms with van der Waals surface area (Å²) in [7, 11) is -0.532. The Bertz CT molecular complexity index is 2570. The highest BCUT2D eigenvalue weighted by atomic mass is 16.7. The van der Waals surface area contributed by atoms with Gasteiger partial charge in [0.05, 0.1) is 22.6 Å². The highest BCUT2D eigenvalue weighted by Crippen LogP contribution is 2.40. The molecule has 60 heavy (non-hydrogen) atoms. The molecule has 304 valence electrons. The Morgan fingerprint density at radius 3 is 1.55 bits per heavy atom. The Hall–Kier alpha value is -5.62. The molecule has 0 atom stereocenters. The van der Waals surface area contributed by atoms with Gasteiger partial charge in [-0.2, -0.15) is 0 Å². The van der Waals surface area contributed by atoms with Crippen LogP contribution in [0.4, 0.5) is 0 Å². The number of nitrogens with zero attached hydrogens (tertiary/aromatic N) is 2. The predicted octanol–water partition coefficient (Wildman–Crippen LogP) is 13.9. The number of allylic oxidation sites excluding steroid dienone is 2. The average Bonchev–Trinajstić information content (AvgIpc) is 3.45. The monoisotopic (exact) mass is 790 g/mol. The van der Waals surface area contributed by atoms with Crippen molar-refractivity contribution in [3.63, 3.8) is 0 Å². The van der Waals surface area contributed by atoms with Gasteiger partial charge in [-0.25, -0.2) is 0 Å². The van der Waals surface area contributed by atoms with E-state index in [1.165, 1.54) is 11.1 Å². The molecular weight excluding hydrogens is 731 g/mol. The van der Waals surface area contributed by atoms with E-state index in [0.717, 1.165) is 72.5 Å². The molecule has 7 rings (SSSR count). The Morgan fingerprint density at radius 2 is 1.08 bits per heavy atom. The largest absolute Gasteiger partial charge is 0.494 e. The molecule has 0 aliphatic carbocycles. The maximum Gasteiger partial charge on any atom is 0.494 e. The second-order valence-corrected chi connectivity index (χ2v) is 19.1. The van der Waals surface area contributed by atoms with Crippen molar-refractivity contribution in [3.05, 3.63) is 169 Å². The number of hydrogen-bond donors (Lipinski definition) is 0. The molecule has 6 aromatic rings. The van der Waals surface area contributed by atoms with Crippen molar-refractivity contribution >= 4 is 18.3 Å². The van der Waals surface area contributed by atoms with E-state index in [0.29, 0.717) is 0 Å². The SMILES string of the molecule is C=C/N=C(\C=C(/C)C(C)(C)C)c1ccc(-c2ccccc2-c2cc(B3OC(C)(C)C(C)(C)O3)cc(-c3ccccc3-c3ccc(-c4cc(C(C)(C)C)ccn4)cc3)c2)cc1. The van der Waals surface area contributed by atoms with E-state index in [4.69, 9.17) is 14.3 Å². The molecule has 5 heteroatoms. The van der Waals surface area contributed by atoms with Crippen LogP contribution in [0.2, 0.25) is 0 Å². The second kappa shape index (κ2) is 16.4. The summed E-state index contributed by atoms with van der Waals surface area (Å²) < 4.78 is 13.4. The van der Waals surface area contributed by atoms with Gasteiger partial charge in [0, 0.05) is 23.5 Å². The van der Waals surface area contributed by atoms with Crippen molar-refractivity contribution in [3.8, 4) is 55.8 Å². The standard InChI is InChI=1S/C55H59BN2O2/c1-13-57-50(32-37(2)52(3,4)5)40-26-22-38(23-27-40)46-18-14-16-20-48(46)42-33-43(35-45(34-42)56-59-54(9,10)55(11,12)60-56)49-21-17-15-19-47(49)39-24-28-41(29-25-39)51-36-44(30-31-58-51)53(6,7)8/h13-36H,1H2,2-12H3/b37-32+,57-50+. The number of aliphatic imine (C=N–C) groups is 1. The van der Waals surface area contributed by atoms with Crippen LogP contribution in [0, 0.1) is 5.41 Å². The Kier molecular flexibility index (Phi) is 11.7. The molecule has 0 spiro atoms. The minimum atomic E-state index is -0.532. The fourth-order valence-corrected chi connectivity index (χ4v) is 7.46. The van der Waals surface area contributed by atoms with Crippen LogP contribution in [0.25, 0.3) is 55.8 Å². The van der Waals surface area contributed by atoms with E-state index in [9.17, 15) is 0 Å². The Labute approximate surface area is 359 Å². The van der Waals surface area contributed by atoms with Crippen molar-refractivity contribution in [2.45, 2.75) is 92.8 Å². The van der Waals surface area contributed by atoms with Crippen LogP contribution in [0.3, 0.4) is 0 Å². The fourth-order valence-electron chi connectivity index (χ4n) is 7.46. The first kappa shape index (κ1) is 42.5. The zero-order chi connectivity index (χ0) is 43.0. The molecule has 0 N–H and O–H groups in total. The van der Waals surface area contributed by atoms with Gasteiger partial charge in [0.1, 0.15) is 0 Å². The molecule has 1 aliphatic heterocycles. The third-order valence-corrected chi connectivity index (χ3v) is 12.3. The van der Waals surface area contributed by atoms with Crippen molar-refractivity contribution < 1.29 is 9.31 Å². The van der Waals surface area contributed by atoms with Crippen LogP contribution in [0.5, 0.6) is 0 Å². The Balaban J connectivity index is 1.32. The smallest absolute Gasteiger partial charge is 0.399 e. The van der Waals surface area contributed by atoms with E-state index in [-0.39, 0.29) is 10.8 Å². The first-order valence-corrected chi connectivity index (χ1v) is 21.1. The topological polar surface area (TPSA) is 43.7 Å². The molecule has 2 heterocycles. The maximum atomic E-state index is 6.70. The highest BCUT2D eigenvalue weighted by Gasteiger charge is 2.51. The molecular formula is C55H59BN2O2. The Morgan fingerprint density at radius 1 is 0.617 bits per heavy atom. The second-order valence-electron chi connectivity index (χ2n) is 19.1. The van der Waals surface area contributed by atoms with Crippen LogP contribution in [-0.4, -0.2) is 29.0 Å². The van der Waals surface area contributed by atoms with E-state index in [1.54, 1.807) is 6.20 Å². The molecule has 4 nitrogen and oxygen atoms in total. The number of aromatic nitrogens is 1. The van der Waals surface area contributed by atoms with Gasteiger partial charge in [-0.1, -0.05) is 163 Å². The molecule has 0 amide bonds. The minimum Gasteiger partial charge on any atom is -0.399 e. The molecule has 5 aromatic carbocycles. The fraction of sp³-hybridized carbons (Fsp3) is 0.273. The normalized spacial score (nSPS) is 15.6. The molecule has 1 aromatic heterocycles. The van der Waals surface area contributed by atoms with Crippen LogP contribution < -0.4 is 5.46 Å². The number of rotatable bonds is 9. The van der Waals surface area contributed by atoms with Crippen molar-refractivity contribution in [1.29, 1.82) is 0 Å². The predicted molar refractivity (Wildman–Crippen MR) is 256 cm³/mol. The lowest BCUT2D eigenvalue weighted by molar-refractivity contribution is 0.00578. The highest BCUT2D eigenvalue weighted by molar-refractivity contribution is 6.62. The quantitative estimate of drug-likeness (QED) is 0.108. The molecule has 0 bridgehead atoms. The minimum absolute atomic E-state index is 0.0380. The first-order valence-electron chi connectivity index (χ1n) is 21.1. The molecule has 1 aliphatic rings. The van der Waals surface area contributed by atoms with Gasteiger partial charge in [0.25, 0.3) is 0 Å². The summed E-state index contributed by atoms with van der Waals surface area (Å²) in [6.07, 6.45) is 5.70. The lowest BCUT2D eigenvalue weighted by Gasteiger charge is -2.32. The average molecular weight is 791 g/mol. The lowest BCUT2D eigenvalue weighted by Crippen LogP contribution is -2.41.